The standard InChI is InChI=1S/C12H15BrClNO2/c1-7-5-9(14)8(13)6-10(7)15-11(16)17-12(2,3)4/h5-6H,1-4H3,(H,15,16). The fourth-order valence-corrected chi connectivity index (χ4v) is 1.76. The number of anilines is 1. The molecule has 0 radical (unpaired) electrons. The molecule has 0 spiro atoms. The number of nitrogens with one attached hydrogen (secondary N) is 1. The molecule has 0 atom stereocenters. The van der Waals surface area contributed by atoms with Crippen molar-refractivity contribution in [3.63, 3.8) is 0 Å². The fourth-order valence-electron chi connectivity index (χ4n) is 1.19. The van der Waals surface area contributed by atoms with Gasteiger partial charge in [-0.3, -0.25) is 5.32 Å². The van der Waals surface area contributed by atoms with Crippen LogP contribution >= 0.6 is 27.5 Å². The van der Waals surface area contributed by atoms with Crippen molar-refractivity contribution in [2.24, 2.45) is 0 Å². The lowest BCUT2D eigenvalue weighted by Crippen LogP contribution is -2.27. The van der Waals surface area contributed by atoms with Crippen LogP contribution in [0.5, 0.6) is 0 Å². The van der Waals surface area contributed by atoms with Crippen molar-refractivity contribution in [3.05, 3.63) is 27.2 Å². The van der Waals surface area contributed by atoms with Gasteiger partial charge in [-0.15, -0.1) is 0 Å². The van der Waals surface area contributed by atoms with Gasteiger partial charge in [0.1, 0.15) is 5.60 Å². The molecule has 0 saturated heterocycles. The monoisotopic (exact) mass is 319 g/mol. The first-order valence-electron chi connectivity index (χ1n) is 5.15. The second-order valence-corrected chi connectivity index (χ2v) is 5.97. The number of carbonyl (C=O) groups excluding carboxylic acids is 1. The number of hydrogen-bond acceptors (Lipinski definition) is 2. The molecule has 1 aromatic carbocycles. The maximum Gasteiger partial charge on any atom is 0.412 e. The molecular weight excluding hydrogens is 305 g/mol. The first kappa shape index (κ1) is 14.3. The molecule has 0 heterocycles. The molecule has 0 unspecified atom stereocenters. The van der Waals surface area contributed by atoms with Gasteiger partial charge < -0.3 is 4.74 Å². The number of halogens is 2. The summed E-state index contributed by atoms with van der Waals surface area (Å²) in [6.45, 7) is 7.32. The predicted molar refractivity (Wildman–Crippen MR) is 73.7 cm³/mol. The molecule has 0 aliphatic carbocycles. The first-order valence-corrected chi connectivity index (χ1v) is 6.32. The third-order valence-electron chi connectivity index (χ3n) is 1.90. The van der Waals surface area contributed by atoms with Crippen molar-refractivity contribution in [2.75, 3.05) is 5.32 Å². The molecule has 17 heavy (non-hydrogen) atoms. The molecule has 1 aromatic rings. The molecule has 1 N–H and O–H groups in total. The van der Waals surface area contributed by atoms with E-state index >= 15 is 0 Å². The minimum Gasteiger partial charge on any atom is -0.444 e. The smallest absolute Gasteiger partial charge is 0.412 e. The zero-order valence-corrected chi connectivity index (χ0v) is 12.6. The number of benzene rings is 1. The Balaban J connectivity index is 2.82. The minimum absolute atomic E-state index is 0.477. The van der Waals surface area contributed by atoms with Gasteiger partial charge in [-0.2, -0.15) is 0 Å². The number of aryl methyl sites for hydroxylation is 1. The molecule has 5 heteroatoms. The van der Waals surface area contributed by atoms with Gasteiger partial charge in [0.05, 0.1) is 5.02 Å². The highest BCUT2D eigenvalue weighted by Gasteiger charge is 2.17. The van der Waals surface area contributed by atoms with E-state index in [2.05, 4.69) is 21.2 Å². The van der Waals surface area contributed by atoms with Crippen LogP contribution < -0.4 is 5.32 Å². The normalized spacial score (nSPS) is 11.2. The van der Waals surface area contributed by atoms with E-state index in [0.29, 0.717) is 10.7 Å². The molecule has 0 saturated carbocycles. The van der Waals surface area contributed by atoms with Crippen LogP contribution in [0.1, 0.15) is 26.3 Å². The largest absolute Gasteiger partial charge is 0.444 e. The molecule has 94 valence electrons. The highest BCUT2D eigenvalue weighted by Crippen LogP contribution is 2.29. The van der Waals surface area contributed by atoms with Crippen molar-refractivity contribution in [3.8, 4) is 0 Å². The molecule has 0 bridgehead atoms. The van der Waals surface area contributed by atoms with Gasteiger partial charge in [-0.1, -0.05) is 11.6 Å². The maximum absolute atomic E-state index is 11.6. The zero-order chi connectivity index (χ0) is 13.2. The maximum atomic E-state index is 11.6. The van der Waals surface area contributed by atoms with Gasteiger partial charge in [-0.25, -0.2) is 4.79 Å². The molecule has 0 aliphatic heterocycles. The van der Waals surface area contributed by atoms with Crippen LogP contribution in [0.2, 0.25) is 5.02 Å². The number of amides is 1. The lowest BCUT2D eigenvalue weighted by Gasteiger charge is -2.20. The Kier molecular flexibility index (Phi) is 4.44. The average molecular weight is 321 g/mol. The molecule has 3 nitrogen and oxygen atoms in total. The molecule has 1 amide bonds. The van der Waals surface area contributed by atoms with E-state index < -0.39 is 11.7 Å². The Morgan fingerprint density at radius 1 is 1.41 bits per heavy atom. The molecule has 0 fully saturated rings. The first-order chi connectivity index (χ1) is 7.69. The van der Waals surface area contributed by atoms with Crippen molar-refractivity contribution >= 4 is 39.3 Å². The predicted octanol–water partition coefficient (Wildman–Crippen LogP) is 4.76. The van der Waals surface area contributed by atoms with Crippen LogP contribution in [0.15, 0.2) is 16.6 Å². The van der Waals surface area contributed by atoms with Crippen LogP contribution in [0.25, 0.3) is 0 Å². The second-order valence-electron chi connectivity index (χ2n) is 4.71. The Morgan fingerprint density at radius 2 is 2.00 bits per heavy atom. The Bertz CT molecular complexity index is 441. The molecule has 1 rings (SSSR count). The van der Waals surface area contributed by atoms with E-state index in [1.54, 1.807) is 12.1 Å². The SMILES string of the molecule is Cc1cc(Cl)c(Br)cc1NC(=O)OC(C)(C)C. The van der Waals surface area contributed by atoms with Crippen molar-refractivity contribution in [2.45, 2.75) is 33.3 Å². The number of hydrogen-bond donors (Lipinski definition) is 1. The summed E-state index contributed by atoms with van der Waals surface area (Å²) in [6, 6.07) is 3.53. The van der Waals surface area contributed by atoms with Crippen LogP contribution in [-0.2, 0) is 4.74 Å². The van der Waals surface area contributed by atoms with Gasteiger partial charge in [0.2, 0.25) is 0 Å². The summed E-state index contributed by atoms with van der Waals surface area (Å²) >= 11 is 9.25. The van der Waals surface area contributed by atoms with Gasteiger partial charge in [0, 0.05) is 10.2 Å². The molecular formula is C12H15BrClNO2. The summed E-state index contributed by atoms with van der Waals surface area (Å²) in [5.41, 5.74) is 1.04. The Labute approximate surface area is 115 Å². The highest BCUT2D eigenvalue weighted by atomic mass is 79.9. The zero-order valence-electron chi connectivity index (χ0n) is 10.2. The Morgan fingerprint density at radius 3 is 2.53 bits per heavy atom. The van der Waals surface area contributed by atoms with Crippen molar-refractivity contribution < 1.29 is 9.53 Å². The number of carbonyl (C=O) groups is 1. The summed E-state index contributed by atoms with van der Waals surface area (Å²) < 4.78 is 5.90. The number of rotatable bonds is 1. The lowest BCUT2D eigenvalue weighted by molar-refractivity contribution is 0.0636. The van der Waals surface area contributed by atoms with E-state index in [1.165, 1.54) is 0 Å². The van der Waals surface area contributed by atoms with Crippen molar-refractivity contribution in [1.29, 1.82) is 0 Å². The second kappa shape index (κ2) is 5.27. The van der Waals surface area contributed by atoms with Crippen molar-refractivity contribution in [1.82, 2.24) is 0 Å². The lowest BCUT2D eigenvalue weighted by atomic mass is 10.2. The highest BCUT2D eigenvalue weighted by molar-refractivity contribution is 9.10. The van der Waals surface area contributed by atoms with Gasteiger partial charge >= 0.3 is 6.09 Å². The summed E-state index contributed by atoms with van der Waals surface area (Å²) in [6.07, 6.45) is -0.477. The summed E-state index contributed by atoms with van der Waals surface area (Å²) in [5, 5.41) is 3.29. The van der Waals surface area contributed by atoms with Gasteiger partial charge in [0.15, 0.2) is 0 Å². The number of ether oxygens (including phenoxy) is 1. The summed E-state index contributed by atoms with van der Waals surface area (Å²) in [4.78, 5) is 11.6. The summed E-state index contributed by atoms with van der Waals surface area (Å²) in [7, 11) is 0. The molecule has 0 aliphatic rings. The van der Waals surface area contributed by atoms with Gasteiger partial charge in [0.25, 0.3) is 0 Å². The Hall–Kier alpha value is -0.740. The van der Waals surface area contributed by atoms with E-state index in [0.717, 1.165) is 10.0 Å². The van der Waals surface area contributed by atoms with E-state index in [4.69, 9.17) is 16.3 Å². The molecule has 0 aromatic heterocycles. The van der Waals surface area contributed by atoms with Gasteiger partial charge in [-0.05, 0) is 61.3 Å². The summed E-state index contributed by atoms with van der Waals surface area (Å²) in [5.74, 6) is 0. The third-order valence-corrected chi connectivity index (χ3v) is 3.10. The van der Waals surface area contributed by atoms with Crippen LogP contribution in [-0.4, -0.2) is 11.7 Å². The quantitative estimate of drug-likeness (QED) is 0.810. The third kappa shape index (κ3) is 4.56. The fraction of sp³-hybridized carbons (Fsp3) is 0.417. The van der Waals surface area contributed by atoms with E-state index in [1.807, 2.05) is 27.7 Å². The van der Waals surface area contributed by atoms with Crippen LogP contribution in [0.4, 0.5) is 10.5 Å². The average Bonchev–Trinajstić information content (AvgIpc) is 2.11. The van der Waals surface area contributed by atoms with E-state index in [9.17, 15) is 4.79 Å². The van der Waals surface area contributed by atoms with E-state index in [-0.39, 0.29) is 0 Å². The minimum atomic E-state index is -0.512. The topological polar surface area (TPSA) is 38.3 Å². The van der Waals surface area contributed by atoms with Crippen LogP contribution in [0.3, 0.4) is 0 Å². The van der Waals surface area contributed by atoms with Crippen LogP contribution in [0, 0.1) is 6.92 Å².